The number of ether oxygens (including phenoxy) is 1. The number of carbonyl (C=O) groups is 2. The van der Waals surface area contributed by atoms with Crippen LogP contribution in [0, 0.1) is 0 Å². The number of aliphatic carboxylic acids is 1. The van der Waals surface area contributed by atoms with Crippen LogP contribution in [-0.2, 0) is 16.0 Å². The molecule has 0 saturated heterocycles. The highest BCUT2D eigenvalue weighted by molar-refractivity contribution is 5.97. The third-order valence-electron chi connectivity index (χ3n) is 3.68. The van der Waals surface area contributed by atoms with Crippen LogP contribution >= 0.6 is 0 Å². The van der Waals surface area contributed by atoms with E-state index >= 15 is 0 Å². The molecule has 0 radical (unpaired) electrons. The van der Waals surface area contributed by atoms with E-state index in [1.165, 1.54) is 4.90 Å². The normalized spacial score (nSPS) is 10.2. The highest BCUT2D eigenvalue weighted by Gasteiger charge is 2.18. The van der Waals surface area contributed by atoms with E-state index in [1.807, 2.05) is 30.3 Å². The SMILES string of the molecule is COc1ccc(CCCC(=O)N(CC(=O)O)c2ccccc2)cc1. The third kappa shape index (κ3) is 5.12. The molecular weight excluding hydrogens is 306 g/mol. The van der Waals surface area contributed by atoms with Crippen molar-refractivity contribution >= 4 is 17.6 Å². The van der Waals surface area contributed by atoms with Gasteiger partial charge in [0.05, 0.1) is 7.11 Å². The largest absolute Gasteiger partial charge is 0.497 e. The molecule has 0 heterocycles. The van der Waals surface area contributed by atoms with Crippen molar-refractivity contribution in [3.63, 3.8) is 0 Å². The minimum absolute atomic E-state index is 0.183. The second kappa shape index (κ2) is 8.72. The van der Waals surface area contributed by atoms with Crippen LogP contribution in [0.1, 0.15) is 18.4 Å². The number of amides is 1. The molecule has 0 atom stereocenters. The Morgan fingerprint density at radius 2 is 1.71 bits per heavy atom. The molecule has 2 aromatic carbocycles. The zero-order chi connectivity index (χ0) is 17.4. The third-order valence-corrected chi connectivity index (χ3v) is 3.68. The number of carboxylic acids is 1. The summed E-state index contributed by atoms with van der Waals surface area (Å²) in [6.45, 7) is -0.328. The van der Waals surface area contributed by atoms with Crippen LogP contribution in [-0.4, -0.2) is 30.6 Å². The minimum atomic E-state index is -1.03. The van der Waals surface area contributed by atoms with E-state index in [9.17, 15) is 9.59 Å². The second-order valence-corrected chi connectivity index (χ2v) is 5.41. The number of aryl methyl sites for hydroxylation is 1. The topological polar surface area (TPSA) is 66.8 Å². The van der Waals surface area contributed by atoms with Gasteiger partial charge in [0, 0.05) is 12.1 Å². The van der Waals surface area contributed by atoms with Gasteiger partial charge in [-0.05, 0) is 42.7 Å². The van der Waals surface area contributed by atoms with Crippen molar-refractivity contribution in [2.24, 2.45) is 0 Å². The summed E-state index contributed by atoms with van der Waals surface area (Å²) in [7, 11) is 1.62. The maximum Gasteiger partial charge on any atom is 0.323 e. The van der Waals surface area contributed by atoms with Gasteiger partial charge in [-0.25, -0.2) is 0 Å². The number of rotatable bonds is 8. The highest BCUT2D eigenvalue weighted by atomic mass is 16.5. The maximum atomic E-state index is 12.4. The van der Waals surface area contributed by atoms with Crippen LogP contribution in [0.3, 0.4) is 0 Å². The van der Waals surface area contributed by atoms with E-state index in [0.29, 0.717) is 18.5 Å². The molecule has 5 nitrogen and oxygen atoms in total. The maximum absolute atomic E-state index is 12.4. The average Bonchev–Trinajstić information content (AvgIpc) is 2.60. The highest BCUT2D eigenvalue weighted by Crippen LogP contribution is 2.17. The molecule has 5 heteroatoms. The number of anilines is 1. The Morgan fingerprint density at radius 1 is 1.04 bits per heavy atom. The van der Waals surface area contributed by atoms with Crippen LogP contribution in [0.25, 0.3) is 0 Å². The lowest BCUT2D eigenvalue weighted by Gasteiger charge is -2.20. The van der Waals surface area contributed by atoms with E-state index in [0.717, 1.165) is 17.7 Å². The fraction of sp³-hybridized carbons (Fsp3) is 0.263. The minimum Gasteiger partial charge on any atom is -0.497 e. The predicted octanol–water partition coefficient (Wildman–Crippen LogP) is 3.14. The second-order valence-electron chi connectivity index (χ2n) is 5.41. The van der Waals surface area contributed by atoms with Gasteiger partial charge in [-0.1, -0.05) is 30.3 Å². The Labute approximate surface area is 141 Å². The molecule has 0 aromatic heterocycles. The number of hydrogen-bond acceptors (Lipinski definition) is 3. The van der Waals surface area contributed by atoms with Crippen molar-refractivity contribution in [3.05, 3.63) is 60.2 Å². The molecule has 2 rings (SSSR count). The number of methoxy groups -OCH3 is 1. The molecule has 0 fully saturated rings. The van der Waals surface area contributed by atoms with Crippen molar-refractivity contribution in [2.75, 3.05) is 18.6 Å². The average molecular weight is 327 g/mol. The first-order valence-electron chi connectivity index (χ1n) is 7.80. The van der Waals surface area contributed by atoms with Gasteiger partial charge in [0.1, 0.15) is 12.3 Å². The molecule has 24 heavy (non-hydrogen) atoms. The lowest BCUT2D eigenvalue weighted by atomic mass is 10.1. The molecule has 0 bridgehead atoms. The lowest BCUT2D eigenvalue weighted by Crippen LogP contribution is -2.35. The molecule has 1 N–H and O–H groups in total. The molecule has 0 spiro atoms. The van der Waals surface area contributed by atoms with E-state index < -0.39 is 5.97 Å². The molecular formula is C19H21NO4. The molecule has 0 aliphatic heterocycles. The Bertz CT molecular complexity index is 668. The quantitative estimate of drug-likeness (QED) is 0.809. The molecule has 0 saturated carbocycles. The first kappa shape index (κ1) is 17.5. The van der Waals surface area contributed by atoms with Crippen LogP contribution in [0.4, 0.5) is 5.69 Å². The van der Waals surface area contributed by atoms with Gasteiger partial charge in [0.2, 0.25) is 5.91 Å². The summed E-state index contributed by atoms with van der Waals surface area (Å²) in [6, 6.07) is 16.6. The Morgan fingerprint density at radius 3 is 2.29 bits per heavy atom. The van der Waals surface area contributed by atoms with Crippen molar-refractivity contribution in [1.29, 1.82) is 0 Å². The number of benzene rings is 2. The van der Waals surface area contributed by atoms with Gasteiger partial charge in [-0.3, -0.25) is 9.59 Å². The number of carboxylic acid groups (broad SMARTS) is 1. The fourth-order valence-corrected chi connectivity index (χ4v) is 2.44. The van der Waals surface area contributed by atoms with E-state index in [2.05, 4.69) is 0 Å². The zero-order valence-electron chi connectivity index (χ0n) is 13.6. The van der Waals surface area contributed by atoms with E-state index in [-0.39, 0.29) is 12.5 Å². The standard InChI is InChI=1S/C19H21NO4/c1-24-17-12-10-15(11-13-17)6-5-9-18(21)20(14-19(22)23)16-7-3-2-4-8-16/h2-4,7-8,10-13H,5-6,9,14H2,1H3,(H,22,23). The van der Waals surface area contributed by atoms with Crippen molar-refractivity contribution in [2.45, 2.75) is 19.3 Å². The Kier molecular flexibility index (Phi) is 6.37. The van der Waals surface area contributed by atoms with Crippen molar-refractivity contribution < 1.29 is 19.4 Å². The smallest absolute Gasteiger partial charge is 0.323 e. The summed E-state index contributed by atoms with van der Waals surface area (Å²) in [5.74, 6) is -0.411. The van der Waals surface area contributed by atoms with Crippen molar-refractivity contribution in [3.8, 4) is 5.75 Å². The summed E-state index contributed by atoms with van der Waals surface area (Å²) in [5, 5.41) is 9.04. The van der Waals surface area contributed by atoms with Gasteiger partial charge in [-0.2, -0.15) is 0 Å². The van der Waals surface area contributed by atoms with Crippen LogP contribution in [0.2, 0.25) is 0 Å². The molecule has 126 valence electrons. The summed E-state index contributed by atoms with van der Waals surface area (Å²) in [6.07, 6.45) is 1.72. The Hall–Kier alpha value is -2.82. The number of carbonyl (C=O) groups excluding carboxylic acids is 1. The first-order valence-corrected chi connectivity index (χ1v) is 7.80. The van der Waals surface area contributed by atoms with E-state index in [1.54, 1.807) is 31.4 Å². The van der Waals surface area contributed by atoms with Crippen LogP contribution < -0.4 is 9.64 Å². The molecule has 0 aliphatic carbocycles. The monoisotopic (exact) mass is 327 g/mol. The molecule has 0 unspecified atom stereocenters. The number of hydrogen-bond donors (Lipinski definition) is 1. The molecule has 1 amide bonds. The van der Waals surface area contributed by atoms with Gasteiger partial charge in [-0.15, -0.1) is 0 Å². The molecule has 2 aromatic rings. The summed E-state index contributed by atoms with van der Waals surface area (Å²) >= 11 is 0. The van der Waals surface area contributed by atoms with Crippen LogP contribution in [0.5, 0.6) is 5.75 Å². The Balaban J connectivity index is 1.93. The van der Waals surface area contributed by atoms with Crippen molar-refractivity contribution in [1.82, 2.24) is 0 Å². The summed E-state index contributed by atoms with van der Waals surface area (Å²) in [5.41, 5.74) is 1.72. The van der Waals surface area contributed by atoms with Gasteiger partial charge < -0.3 is 14.7 Å². The summed E-state index contributed by atoms with van der Waals surface area (Å²) in [4.78, 5) is 24.8. The van der Waals surface area contributed by atoms with E-state index in [4.69, 9.17) is 9.84 Å². The predicted molar refractivity (Wildman–Crippen MR) is 92.4 cm³/mol. The zero-order valence-corrected chi connectivity index (χ0v) is 13.6. The van der Waals surface area contributed by atoms with Crippen LogP contribution in [0.15, 0.2) is 54.6 Å². The number of para-hydroxylation sites is 1. The first-order chi connectivity index (χ1) is 11.6. The summed E-state index contributed by atoms with van der Waals surface area (Å²) < 4.78 is 5.11. The van der Waals surface area contributed by atoms with Gasteiger partial charge >= 0.3 is 5.97 Å². The van der Waals surface area contributed by atoms with Gasteiger partial charge in [0.25, 0.3) is 0 Å². The fourth-order valence-electron chi connectivity index (χ4n) is 2.44. The number of nitrogens with zero attached hydrogens (tertiary/aromatic N) is 1. The van der Waals surface area contributed by atoms with Gasteiger partial charge in [0.15, 0.2) is 0 Å². The molecule has 0 aliphatic rings. The lowest BCUT2D eigenvalue weighted by molar-refractivity contribution is -0.136.